The van der Waals surface area contributed by atoms with Crippen molar-refractivity contribution in [3.63, 3.8) is 0 Å². The molecule has 2 aromatic rings. The number of likely N-dealkylation sites (tertiary alicyclic amines) is 1. The lowest BCUT2D eigenvalue weighted by Crippen LogP contribution is -2.33. The lowest BCUT2D eigenvalue weighted by Gasteiger charge is -2.28. The Kier molecular flexibility index (Phi) is 7.22. The van der Waals surface area contributed by atoms with Crippen molar-refractivity contribution in [1.82, 2.24) is 9.88 Å². The zero-order chi connectivity index (χ0) is 23.6. The highest BCUT2D eigenvalue weighted by Gasteiger charge is 2.36. The van der Waals surface area contributed by atoms with E-state index in [1.807, 2.05) is 6.92 Å². The predicted molar refractivity (Wildman–Crippen MR) is 119 cm³/mol. The molecule has 1 aliphatic heterocycles. The maximum atomic E-state index is 14.9. The summed E-state index contributed by atoms with van der Waals surface area (Å²) in [6, 6.07) is 2.67. The van der Waals surface area contributed by atoms with E-state index in [9.17, 15) is 8.78 Å². The Morgan fingerprint density at radius 3 is 2.38 bits per heavy atom. The summed E-state index contributed by atoms with van der Waals surface area (Å²) in [6.07, 6.45) is 2.30. The second-order valence-electron chi connectivity index (χ2n) is 7.90. The van der Waals surface area contributed by atoms with E-state index in [0.717, 1.165) is 24.6 Å². The van der Waals surface area contributed by atoms with Crippen LogP contribution >= 0.6 is 11.6 Å². The van der Waals surface area contributed by atoms with Crippen LogP contribution in [-0.4, -0.2) is 55.7 Å². The van der Waals surface area contributed by atoms with Crippen LogP contribution in [-0.2, 0) is 4.74 Å². The summed E-state index contributed by atoms with van der Waals surface area (Å²) in [4.78, 5) is 10.6. The number of rotatable bonds is 7. The van der Waals surface area contributed by atoms with Crippen LogP contribution in [0.2, 0.25) is 5.15 Å². The minimum atomic E-state index is -0.973. The van der Waals surface area contributed by atoms with E-state index in [4.69, 9.17) is 31.5 Å². The van der Waals surface area contributed by atoms with Crippen LogP contribution in [0.4, 0.5) is 14.5 Å². The Morgan fingerprint density at radius 1 is 1.22 bits per heavy atom. The first kappa shape index (κ1) is 24.2. The third kappa shape index (κ3) is 4.65. The second-order valence-corrected chi connectivity index (χ2v) is 8.28. The molecule has 1 aliphatic rings. The van der Waals surface area contributed by atoms with Gasteiger partial charge in [-0.2, -0.15) is 0 Å². The number of methoxy groups -OCH3 is 3. The molecule has 2 heterocycles. The number of benzene rings is 1. The molecule has 3 rings (SSSR count). The van der Waals surface area contributed by atoms with Gasteiger partial charge in [-0.25, -0.2) is 18.8 Å². The third-order valence-electron chi connectivity index (χ3n) is 5.91. The van der Waals surface area contributed by atoms with Crippen molar-refractivity contribution in [2.24, 2.45) is 10.7 Å². The topological polar surface area (TPSA) is 82.2 Å². The largest absolute Gasteiger partial charge is 0.494 e. The number of hydrogen-bond acceptors (Lipinski definition) is 6. The average Bonchev–Trinajstić information content (AvgIpc) is 3.17. The van der Waals surface area contributed by atoms with Crippen LogP contribution < -0.4 is 15.2 Å². The van der Waals surface area contributed by atoms with Gasteiger partial charge in [0.2, 0.25) is 0 Å². The Bertz CT molecular complexity index is 1010. The molecule has 0 bridgehead atoms. The molecule has 1 aromatic carbocycles. The number of pyridine rings is 1. The van der Waals surface area contributed by atoms with Gasteiger partial charge >= 0.3 is 0 Å². The molecule has 0 amide bonds. The summed E-state index contributed by atoms with van der Waals surface area (Å²) in [5.74, 6) is -2.75. The summed E-state index contributed by atoms with van der Waals surface area (Å²) >= 11 is 6.15. The normalized spacial score (nSPS) is 20.4. The van der Waals surface area contributed by atoms with Crippen molar-refractivity contribution in [2.75, 3.05) is 34.4 Å². The molecule has 10 heteroatoms. The molecule has 1 fully saturated rings. The molecule has 0 radical (unpaired) electrons. The smallest absolute Gasteiger partial charge is 0.179 e. The lowest BCUT2D eigenvalue weighted by molar-refractivity contribution is 0.0117. The van der Waals surface area contributed by atoms with E-state index < -0.39 is 17.2 Å². The zero-order valence-electron chi connectivity index (χ0n) is 18.7. The van der Waals surface area contributed by atoms with Gasteiger partial charge in [-0.15, -0.1) is 0 Å². The SMILES string of the molecule is COc1cc(OC)c(F)c(C(N)=Nc2cnc(Cl)cc2C(C)N2CCC(C)(OC)C2)c1F. The van der Waals surface area contributed by atoms with Crippen molar-refractivity contribution in [1.29, 1.82) is 0 Å². The first-order valence-corrected chi connectivity index (χ1v) is 10.4. The first-order chi connectivity index (χ1) is 15.1. The number of nitrogens with two attached hydrogens (primary N) is 1. The van der Waals surface area contributed by atoms with Gasteiger partial charge in [0.25, 0.3) is 0 Å². The van der Waals surface area contributed by atoms with E-state index in [-0.39, 0.29) is 34.1 Å². The van der Waals surface area contributed by atoms with Gasteiger partial charge < -0.3 is 19.9 Å². The van der Waals surface area contributed by atoms with Crippen LogP contribution in [0.25, 0.3) is 0 Å². The molecule has 174 valence electrons. The Balaban J connectivity index is 2.05. The van der Waals surface area contributed by atoms with E-state index in [1.165, 1.54) is 20.4 Å². The summed E-state index contributed by atoms with van der Waals surface area (Å²) in [6.45, 7) is 5.57. The number of halogens is 3. The van der Waals surface area contributed by atoms with E-state index in [1.54, 1.807) is 13.2 Å². The zero-order valence-corrected chi connectivity index (χ0v) is 19.5. The van der Waals surface area contributed by atoms with Crippen LogP contribution in [0, 0.1) is 11.6 Å². The number of amidine groups is 1. The average molecular weight is 469 g/mol. The van der Waals surface area contributed by atoms with Crippen LogP contribution in [0.3, 0.4) is 0 Å². The number of nitrogens with zero attached hydrogens (tertiary/aromatic N) is 3. The molecule has 2 N–H and O–H groups in total. The van der Waals surface area contributed by atoms with Gasteiger partial charge in [-0.05, 0) is 31.9 Å². The highest BCUT2D eigenvalue weighted by atomic mass is 35.5. The van der Waals surface area contributed by atoms with Gasteiger partial charge in [-0.3, -0.25) is 4.90 Å². The van der Waals surface area contributed by atoms with Crippen molar-refractivity contribution in [3.05, 3.63) is 46.2 Å². The highest BCUT2D eigenvalue weighted by molar-refractivity contribution is 6.29. The summed E-state index contributed by atoms with van der Waals surface area (Å²) < 4.78 is 45.3. The van der Waals surface area contributed by atoms with Crippen LogP contribution in [0.5, 0.6) is 11.5 Å². The van der Waals surface area contributed by atoms with Crippen molar-refractivity contribution in [3.8, 4) is 11.5 Å². The molecule has 0 spiro atoms. The van der Waals surface area contributed by atoms with Gasteiger partial charge in [0.05, 0.1) is 37.3 Å². The molecule has 1 saturated heterocycles. The maximum absolute atomic E-state index is 14.9. The van der Waals surface area contributed by atoms with Gasteiger partial charge in [0.15, 0.2) is 23.1 Å². The molecule has 0 aliphatic carbocycles. The second kappa shape index (κ2) is 9.56. The molecular formula is C22H27ClF2N4O3. The molecule has 0 saturated carbocycles. The van der Waals surface area contributed by atoms with Crippen molar-refractivity contribution >= 4 is 23.1 Å². The van der Waals surface area contributed by atoms with E-state index >= 15 is 0 Å². The van der Waals surface area contributed by atoms with Gasteiger partial charge in [0, 0.05) is 32.3 Å². The fourth-order valence-electron chi connectivity index (χ4n) is 3.82. The maximum Gasteiger partial charge on any atom is 0.179 e. The number of hydrogen-bond donors (Lipinski definition) is 1. The Labute approximate surface area is 191 Å². The standard InChI is InChI=1S/C22H27ClF2N4O3/c1-12(29-7-6-22(2,11-29)32-5)13-8-17(23)27-10-14(13)28-21(26)18-19(24)15(30-3)9-16(31-4)20(18)25/h8-10,12H,6-7,11H2,1-5H3,(H2,26,28). The quantitative estimate of drug-likeness (QED) is 0.372. The third-order valence-corrected chi connectivity index (χ3v) is 6.11. The minimum absolute atomic E-state index is 0.117. The molecular weight excluding hydrogens is 442 g/mol. The number of aliphatic imine (C=N–C) groups is 1. The number of aromatic nitrogens is 1. The van der Waals surface area contributed by atoms with Gasteiger partial charge in [-0.1, -0.05) is 11.6 Å². The molecule has 7 nitrogen and oxygen atoms in total. The molecule has 2 unspecified atom stereocenters. The van der Waals surface area contributed by atoms with E-state index in [2.05, 4.69) is 21.8 Å². The lowest BCUT2D eigenvalue weighted by atomic mass is 10.1. The van der Waals surface area contributed by atoms with Crippen LogP contribution in [0.15, 0.2) is 23.3 Å². The summed E-state index contributed by atoms with van der Waals surface area (Å²) in [5.41, 5.74) is 6.35. The Morgan fingerprint density at radius 2 is 1.84 bits per heavy atom. The molecule has 32 heavy (non-hydrogen) atoms. The summed E-state index contributed by atoms with van der Waals surface area (Å²) in [7, 11) is 4.22. The number of ether oxygens (including phenoxy) is 3. The predicted octanol–water partition coefficient (Wildman–Crippen LogP) is 4.24. The fourth-order valence-corrected chi connectivity index (χ4v) is 3.99. The minimum Gasteiger partial charge on any atom is -0.494 e. The Hall–Kier alpha value is -2.49. The van der Waals surface area contributed by atoms with Crippen molar-refractivity contribution in [2.45, 2.75) is 31.9 Å². The fraction of sp³-hybridized carbons (Fsp3) is 0.455. The van der Waals surface area contributed by atoms with Crippen molar-refractivity contribution < 1.29 is 23.0 Å². The first-order valence-electron chi connectivity index (χ1n) is 10.0. The molecule has 2 atom stereocenters. The monoisotopic (exact) mass is 468 g/mol. The summed E-state index contributed by atoms with van der Waals surface area (Å²) in [5, 5.41) is 0.276. The highest BCUT2D eigenvalue weighted by Crippen LogP contribution is 2.37. The van der Waals surface area contributed by atoms with Crippen LogP contribution in [0.1, 0.15) is 37.4 Å². The van der Waals surface area contributed by atoms with E-state index in [0.29, 0.717) is 12.2 Å². The van der Waals surface area contributed by atoms with Gasteiger partial charge in [0.1, 0.15) is 11.0 Å². The molecule has 1 aromatic heterocycles.